The van der Waals surface area contributed by atoms with E-state index in [1.807, 2.05) is 30.3 Å². The Bertz CT molecular complexity index is 1040. The number of nitrogens with one attached hydrogen (secondary N) is 1. The Morgan fingerprint density at radius 3 is 2.75 bits per heavy atom. The van der Waals surface area contributed by atoms with Crippen LogP contribution in [0.3, 0.4) is 0 Å². The van der Waals surface area contributed by atoms with Gasteiger partial charge in [-0.1, -0.05) is 43.6 Å². The van der Waals surface area contributed by atoms with Gasteiger partial charge in [-0.3, -0.25) is 14.6 Å². The number of aromatic nitrogens is 2. The summed E-state index contributed by atoms with van der Waals surface area (Å²) in [7, 11) is 0. The maximum absolute atomic E-state index is 12.5. The molecule has 0 atom stereocenters. The summed E-state index contributed by atoms with van der Waals surface area (Å²) >= 11 is 7.33. The van der Waals surface area contributed by atoms with Crippen LogP contribution in [0.25, 0.3) is 10.9 Å². The summed E-state index contributed by atoms with van der Waals surface area (Å²) in [6, 6.07) is 11.2. The number of fused-ring (bicyclic) bond motifs is 1. The average molecular weight is 415 g/mol. The van der Waals surface area contributed by atoms with Gasteiger partial charge in [-0.05, 0) is 54.5 Å². The van der Waals surface area contributed by atoms with Gasteiger partial charge in [-0.15, -0.1) is 0 Å². The number of halogens is 1. The molecule has 5 nitrogen and oxygen atoms in total. The molecular weight excluding hydrogens is 392 g/mol. The van der Waals surface area contributed by atoms with Crippen molar-refractivity contribution in [1.29, 1.82) is 0 Å². The smallest absolute Gasteiger partial charge is 0.228 e. The lowest BCUT2D eigenvalue weighted by Gasteiger charge is -2.19. The number of benzene rings is 2. The van der Waals surface area contributed by atoms with Crippen LogP contribution in [0.1, 0.15) is 32.3 Å². The van der Waals surface area contributed by atoms with E-state index in [4.69, 9.17) is 21.8 Å². The molecule has 0 bridgehead atoms. The Hall–Kier alpha value is -2.02. The standard InChI is InChI=1S/C21H23ClN4OS/c1-13(2)21(7-8-21)26-12-16-18(25-26)10-15(11-19(16)28-23)24-20(27)9-14-5-3-4-6-17(14)22/h3-6,10-13H,7-9,23H2,1-2H3,(H,24,27). The molecule has 0 aliphatic heterocycles. The van der Waals surface area contributed by atoms with Gasteiger partial charge in [0.25, 0.3) is 0 Å². The summed E-state index contributed by atoms with van der Waals surface area (Å²) in [4.78, 5) is 13.4. The number of hydrogen-bond acceptors (Lipinski definition) is 4. The number of nitrogens with two attached hydrogens (primary N) is 1. The SMILES string of the molecule is CC(C)C1(n2cc3c(SN)cc(NC(=O)Cc4ccccc4Cl)cc3n2)CC1. The summed E-state index contributed by atoms with van der Waals surface area (Å²) < 4.78 is 2.09. The molecule has 28 heavy (non-hydrogen) atoms. The quantitative estimate of drug-likeness (QED) is 0.558. The number of amides is 1. The summed E-state index contributed by atoms with van der Waals surface area (Å²) in [6.45, 7) is 4.47. The molecule has 0 spiro atoms. The molecule has 4 rings (SSSR count). The van der Waals surface area contributed by atoms with Crippen LogP contribution in [0.2, 0.25) is 5.02 Å². The maximum atomic E-state index is 12.5. The van der Waals surface area contributed by atoms with Crippen molar-refractivity contribution < 1.29 is 4.79 Å². The summed E-state index contributed by atoms with van der Waals surface area (Å²) in [5.74, 6) is 0.395. The molecule has 0 radical (unpaired) electrons. The Balaban J connectivity index is 1.61. The highest BCUT2D eigenvalue weighted by Gasteiger charge is 2.48. The summed E-state index contributed by atoms with van der Waals surface area (Å²) in [5, 5.41) is 15.3. The molecule has 1 aliphatic rings. The molecule has 3 aromatic rings. The van der Waals surface area contributed by atoms with Gasteiger partial charge >= 0.3 is 0 Å². The van der Waals surface area contributed by atoms with Gasteiger partial charge in [0.2, 0.25) is 5.91 Å². The van der Waals surface area contributed by atoms with Gasteiger partial charge in [0, 0.05) is 27.2 Å². The third-order valence-corrected chi connectivity index (χ3v) is 6.56. The fraction of sp³-hybridized carbons (Fsp3) is 0.333. The monoisotopic (exact) mass is 414 g/mol. The van der Waals surface area contributed by atoms with Crippen LogP contribution in [0, 0.1) is 5.92 Å². The molecule has 1 amide bonds. The van der Waals surface area contributed by atoms with Gasteiger partial charge in [0.15, 0.2) is 0 Å². The molecule has 7 heteroatoms. The van der Waals surface area contributed by atoms with Crippen molar-refractivity contribution in [2.75, 3.05) is 5.32 Å². The van der Waals surface area contributed by atoms with Crippen LogP contribution < -0.4 is 10.5 Å². The molecule has 1 fully saturated rings. The lowest BCUT2D eigenvalue weighted by atomic mass is 10.0. The Kier molecular flexibility index (Phi) is 5.12. The van der Waals surface area contributed by atoms with Crippen LogP contribution in [-0.4, -0.2) is 15.7 Å². The minimum absolute atomic E-state index is 0.114. The largest absolute Gasteiger partial charge is 0.326 e. The van der Waals surface area contributed by atoms with Crippen molar-refractivity contribution >= 4 is 46.0 Å². The van der Waals surface area contributed by atoms with Crippen molar-refractivity contribution in [2.24, 2.45) is 11.1 Å². The van der Waals surface area contributed by atoms with Gasteiger partial charge in [0.1, 0.15) is 0 Å². The van der Waals surface area contributed by atoms with E-state index in [-0.39, 0.29) is 17.9 Å². The first kappa shape index (κ1) is 19.3. The zero-order chi connectivity index (χ0) is 19.9. The first-order valence-electron chi connectivity index (χ1n) is 9.37. The number of nitrogens with zero attached hydrogens (tertiary/aromatic N) is 2. The molecule has 1 saturated carbocycles. The van der Waals surface area contributed by atoms with E-state index in [9.17, 15) is 4.79 Å². The van der Waals surface area contributed by atoms with E-state index in [0.717, 1.165) is 34.2 Å². The molecule has 2 aromatic carbocycles. The minimum Gasteiger partial charge on any atom is -0.326 e. The first-order valence-corrected chi connectivity index (χ1v) is 10.6. The second-order valence-corrected chi connectivity index (χ2v) is 8.76. The lowest BCUT2D eigenvalue weighted by Crippen LogP contribution is -2.23. The average Bonchev–Trinajstić information content (AvgIpc) is 3.37. The van der Waals surface area contributed by atoms with Crippen molar-refractivity contribution in [1.82, 2.24) is 9.78 Å². The molecule has 0 saturated heterocycles. The van der Waals surface area contributed by atoms with Gasteiger partial charge < -0.3 is 5.32 Å². The van der Waals surface area contributed by atoms with E-state index in [1.54, 1.807) is 6.07 Å². The van der Waals surface area contributed by atoms with Gasteiger partial charge in [0.05, 0.1) is 17.5 Å². The van der Waals surface area contributed by atoms with Crippen molar-refractivity contribution in [3.63, 3.8) is 0 Å². The number of anilines is 1. The van der Waals surface area contributed by atoms with Gasteiger partial charge in [-0.25, -0.2) is 0 Å². The normalized spacial score (nSPS) is 15.2. The number of rotatable bonds is 6. The molecule has 0 unspecified atom stereocenters. The van der Waals surface area contributed by atoms with Gasteiger partial charge in [-0.2, -0.15) is 5.10 Å². The Labute approximate surface area is 173 Å². The zero-order valence-corrected chi connectivity index (χ0v) is 17.5. The zero-order valence-electron chi connectivity index (χ0n) is 15.9. The first-order chi connectivity index (χ1) is 13.4. The van der Waals surface area contributed by atoms with Crippen molar-refractivity contribution in [2.45, 2.75) is 43.5 Å². The van der Waals surface area contributed by atoms with Crippen LogP contribution in [-0.2, 0) is 16.8 Å². The maximum Gasteiger partial charge on any atom is 0.228 e. The van der Waals surface area contributed by atoms with Crippen LogP contribution in [0.15, 0.2) is 47.5 Å². The fourth-order valence-corrected chi connectivity index (χ4v) is 4.39. The lowest BCUT2D eigenvalue weighted by molar-refractivity contribution is -0.115. The predicted molar refractivity (Wildman–Crippen MR) is 116 cm³/mol. The molecule has 1 aliphatic carbocycles. The number of hydrogen-bond donors (Lipinski definition) is 2. The summed E-state index contributed by atoms with van der Waals surface area (Å²) in [6.07, 6.45) is 4.59. The molecule has 1 aromatic heterocycles. The molecule has 146 valence electrons. The highest BCUT2D eigenvalue weighted by atomic mass is 35.5. The summed E-state index contributed by atoms with van der Waals surface area (Å²) in [5.41, 5.74) is 2.45. The van der Waals surface area contributed by atoms with Crippen LogP contribution in [0.5, 0.6) is 0 Å². The molecular formula is C21H23ClN4OS. The second-order valence-electron chi connectivity index (χ2n) is 7.67. The second kappa shape index (κ2) is 7.43. The fourth-order valence-electron chi connectivity index (χ4n) is 3.71. The van der Waals surface area contributed by atoms with E-state index >= 15 is 0 Å². The highest BCUT2D eigenvalue weighted by Crippen LogP contribution is 2.49. The Morgan fingerprint density at radius 2 is 2.11 bits per heavy atom. The minimum atomic E-state index is -0.124. The van der Waals surface area contributed by atoms with E-state index < -0.39 is 0 Å². The van der Waals surface area contributed by atoms with Crippen molar-refractivity contribution in [3.8, 4) is 0 Å². The predicted octanol–water partition coefficient (Wildman–Crippen LogP) is 4.98. The third kappa shape index (κ3) is 3.52. The van der Waals surface area contributed by atoms with Crippen molar-refractivity contribution in [3.05, 3.63) is 53.2 Å². The third-order valence-electron chi connectivity index (χ3n) is 5.60. The van der Waals surface area contributed by atoms with Crippen LogP contribution in [0.4, 0.5) is 5.69 Å². The number of carbonyl (C=O) groups excluding carboxylic acids is 1. The van der Waals surface area contributed by atoms with E-state index in [2.05, 4.69) is 30.0 Å². The Morgan fingerprint density at radius 1 is 1.36 bits per heavy atom. The topological polar surface area (TPSA) is 72.9 Å². The molecule has 1 heterocycles. The molecule has 3 N–H and O–H groups in total. The van der Waals surface area contributed by atoms with E-state index in [0.29, 0.717) is 16.6 Å². The number of carbonyl (C=O) groups is 1. The highest BCUT2D eigenvalue weighted by molar-refractivity contribution is 7.97. The van der Waals surface area contributed by atoms with Crippen LogP contribution >= 0.6 is 23.5 Å². The van der Waals surface area contributed by atoms with E-state index in [1.165, 1.54) is 11.9 Å².